The van der Waals surface area contributed by atoms with Crippen molar-refractivity contribution in [2.75, 3.05) is 0 Å². The van der Waals surface area contributed by atoms with E-state index in [1.807, 2.05) is 0 Å². The van der Waals surface area contributed by atoms with Crippen LogP contribution in [-0.2, 0) is 25.5 Å². The molecule has 204 valence electrons. The maximum atomic E-state index is 13.6. The topological polar surface area (TPSA) is 184 Å². The van der Waals surface area contributed by atoms with E-state index in [9.17, 15) is 39.6 Å². The van der Waals surface area contributed by atoms with Gasteiger partial charge < -0.3 is 30.9 Å². The molecule has 6 N–H and O–H groups in total. The van der Waals surface area contributed by atoms with Crippen LogP contribution in [0.1, 0.15) is 48.2 Å². The van der Waals surface area contributed by atoms with Gasteiger partial charge in [0.2, 0.25) is 11.7 Å². The van der Waals surface area contributed by atoms with E-state index in [0.29, 0.717) is 22.3 Å². The third kappa shape index (κ3) is 4.02. The summed E-state index contributed by atoms with van der Waals surface area (Å²) in [6.07, 6.45) is -1.73. The lowest BCUT2D eigenvalue weighted by Crippen LogP contribution is -2.66. The molecule has 39 heavy (non-hydrogen) atoms. The highest BCUT2D eigenvalue weighted by Crippen LogP contribution is 2.52. The van der Waals surface area contributed by atoms with E-state index in [2.05, 4.69) is 0 Å². The highest BCUT2D eigenvalue weighted by Gasteiger charge is 2.63. The van der Waals surface area contributed by atoms with Gasteiger partial charge in [0, 0.05) is 11.5 Å². The van der Waals surface area contributed by atoms with Crippen LogP contribution in [0.2, 0.25) is 0 Å². The molecule has 5 rings (SSSR count). The molecule has 3 aliphatic rings. The standard InChI is InChI=1S/C29H29NO9/c1-12(2)39-28(37)14-5-3-4-13(8-14)17-6-7-19(31)22-18(17)10-15-9-16-11-20(32)23(27(30)36)26(35)29(16,38)25(34)21(15)24(22)33/h3-8,12,15-16,20,23,31-33,38H,9-11H2,1-2H3,(H2,30,36)/t15-,16+,20?,23?,29+/m1/s1. The molecular formula is C29H29NO9. The van der Waals surface area contributed by atoms with Crippen LogP contribution in [0, 0.1) is 17.8 Å². The third-order valence-corrected chi connectivity index (χ3v) is 8.02. The van der Waals surface area contributed by atoms with Crippen LogP contribution in [0.5, 0.6) is 5.75 Å². The number of amides is 1. The summed E-state index contributed by atoms with van der Waals surface area (Å²) in [5, 5.41) is 43.8. The molecular weight excluding hydrogens is 506 g/mol. The van der Waals surface area contributed by atoms with Gasteiger partial charge in [-0.15, -0.1) is 0 Å². The molecule has 2 aromatic rings. The first-order chi connectivity index (χ1) is 18.4. The number of rotatable bonds is 4. The lowest BCUT2D eigenvalue weighted by Gasteiger charge is -2.48. The number of aliphatic hydroxyl groups excluding tert-OH is 2. The zero-order chi connectivity index (χ0) is 28.4. The van der Waals surface area contributed by atoms with Gasteiger partial charge in [0.1, 0.15) is 17.4 Å². The Kier molecular flexibility index (Phi) is 6.35. The highest BCUT2D eigenvalue weighted by atomic mass is 16.5. The lowest BCUT2D eigenvalue weighted by molar-refractivity contribution is -0.174. The number of primary amides is 1. The lowest BCUT2D eigenvalue weighted by atomic mass is 9.56. The fraction of sp³-hybridized carbons (Fsp3) is 0.379. The van der Waals surface area contributed by atoms with Gasteiger partial charge in [0.25, 0.3) is 0 Å². The molecule has 0 heterocycles. The van der Waals surface area contributed by atoms with Crippen LogP contribution in [0.15, 0.2) is 42.0 Å². The van der Waals surface area contributed by atoms with Crippen LogP contribution >= 0.6 is 0 Å². The number of phenolic OH excluding ortho intramolecular Hbond substituents is 1. The first-order valence-corrected chi connectivity index (χ1v) is 12.7. The summed E-state index contributed by atoms with van der Waals surface area (Å²) in [5.74, 6) is -8.16. The summed E-state index contributed by atoms with van der Waals surface area (Å²) in [4.78, 5) is 51.1. The van der Waals surface area contributed by atoms with Crippen molar-refractivity contribution < 1.29 is 44.3 Å². The summed E-state index contributed by atoms with van der Waals surface area (Å²) >= 11 is 0. The van der Waals surface area contributed by atoms with E-state index in [0.717, 1.165) is 0 Å². The zero-order valence-electron chi connectivity index (χ0n) is 21.4. The number of benzene rings is 2. The Balaban J connectivity index is 1.62. The number of phenols is 1. The minimum atomic E-state index is -2.63. The monoisotopic (exact) mass is 535 g/mol. The number of aliphatic hydroxyl groups is 3. The van der Waals surface area contributed by atoms with Crippen molar-refractivity contribution in [2.24, 2.45) is 23.5 Å². The Morgan fingerprint density at radius 2 is 1.82 bits per heavy atom. The second-order valence-corrected chi connectivity index (χ2v) is 10.8. The molecule has 0 saturated heterocycles. The minimum absolute atomic E-state index is 0.0148. The largest absolute Gasteiger partial charge is 0.507 e. The molecule has 2 fully saturated rings. The SMILES string of the molecule is CC(C)OC(=O)c1cccc(-c2ccc(O)c3c2C[C@H]2C[C@H]4CC(O)C(C(N)=O)C(=O)[C@@]4(O)C(=O)C2=C3O)c1. The average Bonchev–Trinajstić information content (AvgIpc) is 2.86. The fourth-order valence-electron chi connectivity index (χ4n) is 6.29. The van der Waals surface area contributed by atoms with Crippen molar-refractivity contribution in [1.29, 1.82) is 0 Å². The fourth-order valence-corrected chi connectivity index (χ4v) is 6.29. The van der Waals surface area contributed by atoms with E-state index in [1.54, 1.807) is 44.2 Å². The molecule has 0 spiro atoms. The molecule has 10 heteroatoms. The number of fused-ring (bicyclic) bond motifs is 3. The van der Waals surface area contributed by atoms with E-state index < -0.39 is 58.7 Å². The van der Waals surface area contributed by atoms with Crippen LogP contribution < -0.4 is 5.73 Å². The molecule has 0 bridgehead atoms. The summed E-state index contributed by atoms with van der Waals surface area (Å²) in [6, 6.07) is 9.69. The molecule has 3 aliphatic carbocycles. The van der Waals surface area contributed by atoms with E-state index in [-0.39, 0.29) is 42.3 Å². The van der Waals surface area contributed by atoms with E-state index in [4.69, 9.17) is 10.5 Å². The van der Waals surface area contributed by atoms with E-state index in [1.165, 1.54) is 6.07 Å². The summed E-state index contributed by atoms with van der Waals surface area (Å²) < 4.78 is 5.29. The van der Waals surface area contributed by atoms with E-state index >= 15 is 0 Å². The molecule has 0 radical (unpaired) electrons. The van der Waals surface area contributed by atoms with Crippen molar-refractivity contribution in [1.82, 2.24) is 0 Å². The number of hydrogen-bond donors (Lipinski definition) is 5. The second-order valence-electron chi connectivity index (χ2n) is 10.8. The number of ether oxygens (including phenoxy) is 1. The molecule has 2 saturated carbocycles. The number of hydrogen-bond acceptors (Lipinski definition) is 9. The summed E-state index contributed by atoms with van der Waals surface area (Å²) in [7, 11) is 0. The third-order valence-electron chi connectivity index (χ3n) is 8.02. The number of nitrogens with two attached hydrogens (primary N) is 1. The predicted molar refractivity (Wildman–Crippen MR) is 137 cm³/mol. The van der Waals surface area contributed by atoms with Gasteiger partial charge >= 0.3 is 5.97 Å². The molecule has 2 aromatic carbocycles. The van der Waals surface area contributed by atoms with Crippen LogP contribution in [-0.4, -0.2) is 61.7 Å². The number of carbonyl (C=O) groups is 4. The van der Waals surface area contributed by atoms with Crippen molar-refractivity contribution in [2.45, 2.75) is 50.9 Å². The Bertz CT molecular complexity index is 1460. The molecule has 1 amide bonds. The smallest absolute Gasteiger partial charge is 0.338 e. The van der Waals surface area contributed by atoms with Crippen LogP contribution in [0.4, 0.5) is 0 Å². The van der Waals surface area contributed by atoms with Gasteiger partial charge in [-0.2, -0.15) is 0 Å². The Hall–Kier alpha value is -4.02. The van der Waals surface area contributed by atoms with Gasteiger partial charge in [-0.1, -0.05) is 18.2 Å². The quantitative estimate of drug-likeness (QED) is 0.288. The zero-order valence-corrected chi connectivity index (χ0v) is 21.4. The molecule has 0 aliphatic heterocycles. The highest BCUT2D eigenvalue weighted by molar-refractivity contribution is 6.24. The molecule has 2 unspecified atom stereocenters. The summed E-state index contributed by atoms with van der Waals surface area (Å²) in [6.45, 7) is 3.48. The van der Waals surface area contributed by atoms with Crippen molar-refractivity contribution in [3.05, 3.63) is 58.7 Å². The number of aromatic hydroxyl groups is 1. The number of carbonyl (C=O) groups excluding carboxylic acids is 4. The van der Waals surface area contributed by atoms with Gasteiger partial charge in [-0.25, -0.2) is 4.79 Å². The Morgan fingerprint density at radius 1 is 1.10 bits per heavy atom. The molecule has 5 atom stereocenters. The maximum Gasteiger partial charge on any atom is 0.338 e. The summed E-state index contributed by atoms with van der Waals surface area (Å²) in [5.41, 5.74) is 4.48. The first-order valence-electron chi connectivity index (χ1n) is 12.7. The van der Waals surface area contributed by atoms with Gasteiger partial charge in [-0.3, -0.25) is 14.4 Å². The normalized spacial score (nSPS) is 28.0. The van der Waals surface area contributed by atoms with Gasteiger partial charge in [0.15, 0.2) is 11.4 Å². The van der Waals surface area contributed by atoms with Crippen LogP contribution in [0.3, 0.4) is 0 Å². The minimum Gasteiger partial charge on any atom is -0.507 e. The maximum absolute atomic E-state index is 13.6. The molecule has 10 nitrogen and oxygen atoms in total. The van der Waals surface area contributed by atoms with Crippen molar-refractivity contribution in [3.63, 3.8) is 0 Å². The first kappa shape index (κ1) is 26.6. The van der Waals surface area contributed by atoms with Crippen molar-refractivity contribution in [3.8, 4) is 16.9 Å². The number of ketones is 2. The van der Waals surface area contributed by atoms with Gasteiger partial charge in [0.05, 0.1) is 23.3 Å². The van der Waals surface area contributed by atoms with Gasteiger partial charge in [-0.05, 0) is 73.9 Å². The Labute approximate surface area is 223 Å². The van der Waals surface area contributed by atoms with Crippen LogP contribution in [0.25, 0.3) is 16.9 Å². The predicted octanol–water partition coefficient (Wildman–Crippen LogP) is 1.82. The molecule has 0 aromatic heterocycles. The van der Waals surface area contributed by atoms with Crippen molar-refractivity contribution >= 4 is 29.2 Å². The second kappa shape index (κ2) is 9.32. The number of Topliss-reactive ketones (excluding diaryl/α,β-unsaturated/α-hetero) is 2. The average molecular weight is 536 g/mol. The Morgan fingerprint density at radius 3 is 2.49 bits per heavy atom. The number of esters is 1.